The number of carbonyl (C=O) groups is 2. The first kappa shape index (κ1) is 18.9. The van der Waals surface area contributed by atoms with Gasteiger partial charge in [-0.15, -0.1) is 0 Å². The molecule has 0 fully saturated rings. The average molecular weight is 351 g/mol. The predicted octanol–water partition coefficient (Wildman–Crippen LogP) is 2.58. The third-order valence-electron chi connectivity index (χ3n) is 3.48. The smallest absolute Gasteiger partial charge is 0.329 e. The van der Waals surface area contributed by atoms with Crippen LogP contribution in [-0.2, 0) is 9.59 Å². The molecule has 0 heterocycles. The summed E-state index contributed by atoms with van der Waals surface area (Å²) in [6.07, 6.45) is 3.11. The van der Waals surface area contributed by atoms with Crippen molar-refractivity contribution in [2.24, 2.45) is 5.10 Å². The van der Waals surface area contributed by atoms with Gasteiger partial charge in [-0.3, -0.25) is 9.59 Å². The third-order valence-corrected chi connectivity index (χ3v) is 3.48. The van der Waals surface area contributed by atoms with Crippen LogP contribution in [0.25, 0.3) is 0 Å². The Hall–Kier alpha value is -3.41. The van der Waals surface area contributed by atoms with Crippen LogP contribution in [0.4, 0.5) is 0 Å². The van der Waals surface area contributed by atoms with E-state index < -0.39 is 11.8 Å². The molecule has 2 amide bonds. The number of hydrogen-bond donors (Lipinski definition) is 2. The molecule has 2 aromatic carbocycles. The highest BCUT2D eigenvalue weighted by Crippen LogP contribution is 2.11. The van der Waals surface area contributed by atoms with Gasteiger partial charge in [0, 0.05) is 0 Å². The standard InChI is InChI=1S/C20H21N3O3/c1-3-13-26-18-11-9-16(10-12-18)14-21-23-20(25)19(24)22-15(2)17-7-5-4-6-8-17/h3-12,14-15H,1,13H2,2H3,(H,22,24)(H,23,25). The first-order chi connectivity index (χ1) is 12.6. The quantitative estimate of drug-likeness (QED) is 0.348. The number of hydrogen-bond acceptors (Lipinski definition) is 4. The highest BCUT2D eigenvalue weighted by molar-refractivity contribution is 6.35. The Balaban J connectivity index is 1.82. The Kier molecular flexibility index (Phi) is 7.12. The summed E-state index contributed by atoms with van der Waals surface area (Å²) in [5.41, 5.74) is 3.88. The number of amides is 2. The SMILES string of the molecule is C=CCOc1ccc(C=NNC(=O)C(=O)NC(C)c2ccccc2)cc1. The topological polar surface area (TPSA) is 79.8 Å². The summed E-state index contributed by atoms with van der Waals surface area (Å²) in [4.78, 5) is 23.7. The van der Waals surface area contributed by atoms with E-state index in [1.807, 2.05) is 30.3 Å². The van der Waals surface area contributed by atoms with Crippen molar-refractivity contribution in [1.82, 2.24) is 10.7 Å². The predicted molar refractivity (Wildman–Crippen MR) is 101 cm³/mol. The van der Waals surface area contributed by atoms with Gasteiger partial charge in [-0.25, -0.2) is 5.43 Å². The molecule has 134 valence electrons. The summed E-state index contributed by atoms with van der Waals surface area (Å²) in [7, 11) is 0. The monoisotopic (exact) mass is 351 g/mol. The molecule has 2 N–H and O–H groups in total. The van der Waals surface area contributed by atoms with Gasteiger partial charge in [0.05, 0.1) is 12.3 Å². The van der Waals surface area contributed by atoms with E-state index in [2.05, 4.69) is 22.4 Å². The number of benzene rings is 2. The minimum atomic E-state index is -0.824. The summed E-state index contributed by atoms with van der Waals surface area (Å²) in [5.74, 6) is -0.859. The molecule has 1 atom stereocenters. The van der Waals surface area contributed by atoms with E-state index in [0.717, 1.165) is 11.1 Å². The van der Waals surface area contributed by atoms with Crippen molar-refractivity contribution in [3.8, 4) is 5.75 Å². The maximum Gasteiger partial charge on any atom is 0.329 e. The molecule has 0 aliphatic heterocycles. The van der Waals surface area contributed by atoms with Crippen LogP contribution in [0.15, 0.2) is 72.4 Å². The van der Waals surface area contributed by atoms with Crippen molar-refractivity contribution in [3.63, 3.8) is 0 Å². The van der Waals surface area contributed by atoms with Crippen LogP contribution in [0.2, 0.25) is 0 Å². The van der Waals surface area contributed by atoms with Crippen molar-refractivity contribution in [2.45, 2.75) is 13.0 Å². The maximum absolute atomic E-state index is 11.9. The van der Waals surface area contributed by atoms with Crippen molar-refractivity contribution in [3.05, 3.63) is 78.4 Å². The Morgan fingerprint density at radius 2 is 1.81 bits per heavy atom. The molecule has 0 bridgehead atoms. The first-order valence-electron chi connectivity index (χ1n) is 8.12. The van der Waals surface area contributed by atoms with E-state index in [4.69, 9.17) is 4.74 Å². The van der Waals surface area contributed by atoms with Crippen LogP contribution in [-0.4, -0.2) is 24.6 Å². The molecule has 0 aliphatic carbocycles. The second-order valence-corrected chi connectivity index (χ2v) is 5.47. The second kappa shape index (κ2) is 9.78. The van der Waals surface area contributed by atoms with Crippen LogP contribution in [0, 0.1) is 0 Å². The van der Waals surface area contributed by atoms with E-state index >= 15 is 0 Å². The minimum Gasteiger partial charge on any atom is -0.490 e. The Morgan fingerprint density at radius 3 is 2.46 bits per heavy atom. The zero-order valence-corrected chi connectivity index (χ0v) is 14.5. The fourth-order valence-corrected chi connectivity index (χ4v) is 2.11. The fourth-order valence-electron chi connectivity index (χ4n) is 2.11. The van der Waals surface area contributed by atoms with Gasteiger partial charge in [-0.2, -0.15) is 5.10 Å². The molecular formula is C20H21N3O3. The molecule has 1 unspecified atom stereocenters. The lowest BCUT2D eigenvalue weighted by Gasteiger charge is -2.13. The molecule has 2 aromatic rings. The molecule has 0 aliphatic rings. The van der Waals surface area contributed by atoms with Gasteiger partial charge in [-0.1, -0.05) is 43.0 Å². The molecule has 0 saturated heterocycles. The van der Waals surface area contributed by atoms with Gasteiger partial charge in [0.15, 0.2) is 0 Å². The lowest BCUT2D eigenvalue weighted by molar-refractivity contribution is -0.139. The highest BCUT2D eigenvalue weighted by Gasteiger charge is 2.16. The third kappa shape index (κ3) is 5.90. The number of hydrazone groups is 1. The molecule has 2 rings (SSSR count). The van der Waals surface area contributed by atoms with Gasteiger partial charge in [0.1, 0.15) is 12.4 Å². The zero-order valence-electron chi connectivity index (χ0n) is 14.5. The highest BCUT2D eigenvalue weighted by atomic mass is 16.5. The molecule has 0 aromatic heterocycles. The van der Waals surface area contributed by atoms with Crippen LogP contribution < -0.4 is 15.5 Å². The van der Waals surface area contributed by atoms with Crippen LogP contribution in [0.3, 0.4) is 0 Å². The first-order valence-corrected chi connectivity index (χ1v) is 8.12. The Bertz CT molecular complexity index is 771. The van der Waals surface area contributed by atoms with E-state index in [1.165, 1.54) is 6.21 Å². The number of rotatable bonds is 7. The number of nitrogens with one attached hydrogen (secondary N) is 2. The molecule has 0 radical (unpaired) electrons. The molecule has 0 saturated carbocycles. The molecule has 6 heteroatoms. The van der Waals surface area contributed by atoms with E-state index in [1.54, 1.807) is 37.3 Å². The van der Waals surface area contributed by atoms with E-state index in [-0.39, 0.29) is 6.04 Å². The number of nitrogens with zero attached hydrogens (tertiary/aromatic N) is 1. The van der Waals surface area contributed by atoms with E-state index in [9.17, 15) is 9.59 Å². The van der Waals surface area contributed by atoms with Crippen LogP contribution in [0.1, 0.15) is 24.1 Å². The lowest BCUT2D eigenvalue weighted by atomic mass is 10.1. The summed E-state index contributed by atoms with van der Waals surface area (Å²) >= 11 is 0. The van der Waals surface area contributed by atoms with Gasteiger partial charge in [-0.05, 0) is 42.3 Å². The minimum absolute atomic E-state index is 0.276. The maximum atomic E-state index is 11.9. The summed E-state index contributed by atoms with van der Waals surface area (Å²) in [6.45, 7) is 5.82. The number of carbonyl (C=O) groups excluding carboxylic acids is 2. The van der Waals surface area contributed by atoms with Gasteiger partial charge < -0.3 is 10.1 Å². The zero-order chi connectivity index (χ0) is 18.8. The molecule has 26 heavy (non-hydrogen) atoms. The van der Waals surface area contributed by atoms with E-state index in [0.29, 0.717) is 12.4 Å². The molecule has 0 spiro atoms. The largest absolute Gasteiger partial charge is 0.490 e. The summed E-state index contributed by atoms with van der Waals surface area (Å²) < 4.78 is 5.37. The van der Waals surface area contributed by atoms with Crippen LogP contribution >= 0.6 is 0 Å². The van der Waals surface area contributed by atoms with Crippen molar-refractivity contribution < 1.29 is 14.3 Å². The average Bonchev–Trinajstić information content (AvgIpc) is 2.67. The van der Waals surface area contributed by atoms with Gasteiger partial charge in [0.25, 0.3) is 0 Å². The fraction of sp³-hybridized carbons (Fsp3) is 0.150. The normalized spacial score (nSPS) is 11.6. The Morgan fingerprint density at radius 1 is 1.12 bits per heavy atom. The van der Waals surface area contributed by atoms with Crippen molar-refractivity contribution in [2.75, 3.05) is 6.61 Å². The summed E-state index contributed by atoms with van der Waals surface area (Å²) in [5, 5.41) is 6.41. The van der Waals surface area contributed by atoms with Crippen LogP contribution in [0.5, 0.6) is 5.75 Å². The Labute approximate surface area is 152 Å². The molecular weight excluding hydrogens is 330 g/mol. The second-order valence-electron chi connectivity index (χ2n) is 5.47. The van der Waals surface area contributed by atoms with Crippen molar-refractivity contribution in [1.29, 1.82) is 0 Å². The van der Waals surface area contributed by atoms with Gasteiger partial charge >= 0.3 is 11.8 Å². The van der Waals surface area contributed by atoms with Gasteiger partial charge in [0.2, 0.25) is 0 Å². The molecule has 6 nitrogen and oxygen atoms in total. The summed E-state index contributed by atoms with van der Waals surface area (Å²) in [6, 6.07) is 16.2. The van der Waals surface area contributed by atoms with Crippen molar-refractivity contribution >= 4 is 18.0 Å². The lowest BCUT2D eigenvalue weighted by Crippen LogP contribution is -2.39. The number of ether oxygens (including phenoxy) is 1.